The van der Waals surface area contributed by atoms with Crippen molar-refractivity contribution in [2.24, 2.45) is 0 Å². The van der Waals surface area contributed by atoms with Crippen LogP contribution < -0.4 is 0 Å². The van der Waals surface area contributed by atoms with Crippen molar-refractivity contribution in [1.29, 1.82) is 0 Å². The summed E-state index contributed by atoms with van der Waals surface area (Å²) >= 11 is 0. The smallest absolute Gasteiger partial charge is 0.271 e. The van der Waals surface area contributed by atoms with Crippen LogP contribution in [0.2, 0.25) is 0 Å². The SMILES string of the molecule is CCc1ccc2c(c1)c(C)c(C(=O)N(CCO)Cc1ccccc1)n2CC. The van der Waals surface area contributed by atoms with Crippen molar-refractivity contribution in [3.63, 3.8) is 0 Å². The van der Waals surface area contributed by atoms with Crippen molar-refractivity contribution >= 4 is 16.8 Å². The van der Waals surface area contributed by atoms with Crippen molar-refractivity contribution in [3.8, 4) is 0 Å². The normalized spacial score (nSPS) is 11.1. The Morgan fingerprint density at radius 3 is 2.44 bits per heavy atom. The molecule has 1 amide bonds. The average Bonchev–Trinajstić information content (AvgIpc) is 2.99. The van der Waals surface area contributed by atoms with Crippen LogP contribution in [-0.2, 0) is 19.5 Å². The van der Waals surface area contributed by atoms with Gasteiger partial charge >= 0.3 is 0 Å². The number of hydrogen-bond acceptors (Lipinski definition) is 2. The van der Waals surface area contributed by atoms with Crippen molar-refractivity contribution in [3.05, 3.63) is 70.9 Å². The van der Waals surface area contributed by atoms with Crippen molar-refractivity contribution in [1.82, 2.24) is 9.47 Å². The summed E-state index contributed by atoms with van der Waals surface area (Å²) in [7, 11) is 0. The molecule has 0 unspecified atom stereocenters. The van der Waals surface area contributed by atoms with Crippen molar-refractivity contribution in [2.75, 3.05) is 13.2 Å². The third-order valence-electron chi connectivity index (χ3n) is 5.18. The standard InChI is InChI=1S/C23H28N2O2/c1-4-18-11-12-21-20(15-18)17(3)22(25(21)5-2)23(27)24(13-14-26)16-19-9-7-6-8-10-19/h6-12,15,26H,4-5,13-14,16H2,1-3H3. The Kier molecular flexibility index (Phi) is 5.97. The molecule has 0 aliphatic carbocycles. The predicted octanol–water partition coefficient (Wildman–Crippen LogP) is 4.17. The molecule has 1 N–H and O–H groups in total. The molecule has 0 aliphatic rings. The maximum Gasteiger partial charge on any atom is 0.271 e. The minimum absolute atomic E-state index is 0.0264. The molecule has 0 radical (unpaired) electrons. The van der Waals surface area contributed by atoms with Gasteiger partial charge in [-0.3, -0.25) is 4.79 Å². The number of aryl methyl sites for hydroxylation is 3. The topological polar surface area (TPSA) is 45.5 Å². The zero-order valence-electron chi connectivity index (χ0n) is 16.4. The summed E-state index contributed by atoms with van der Waals surface area (Å²) in [6.07, 6.45) is 0.973. The molecule has 0 saturated carbocycles. The first-order valence-electron chi connectivity index (χ1n) is 9.66. The predicted molar refractivity (Wildman–Crippen MR) is 110 cm³/mol. The van der Waals surface area contributed by atoms with E-state index in [0.717, 1.165) is 40.7 Å². The van der Waals surface area contributed by atoms with Crippen LogP contribution in [0.15, 0.2) is 48.5 Å². The van der Waals surface area contributed by atoms with Gasteiger partial charge in [-0.05, 0) is 49.1 Å². The van der Waals surface area contributed by atoms with Gasteiger partial charge in [-0.25, -0.2) is 0 Å². The molecule has 0 aliphatic heterocycles. The Labute approximate surface area is 161 Å². The summed E-state index contributed by atoms with van der Waals surface area (Å²) < 4.78 is 2.10. The summed E-state index contributed by atoms with van der Waals surface area (Å²) in [5, 5.41) is 10.7. The largest absolute Gasteiger partial charge is 0.395 e. The molecule has 2 aromatic carbocycles. The number of benzene rings is 2. The minimum Gasteiger partial charge on any atom is -0.395 e. The molecular formula is C23H28N2O2. The van der Waals surface area contributed by atoms with Crippen molar-refractivity contribution in [2.45, 2.75) is 40.3 Å². The Morgan fingerprint density at radius 1 is 1.07 bits per heavy atom. The molecular weight excluding hydrogens is 336 g/mol. The van der Waals surface area contributed by atoms with Gasteiger partial charge in [-0.2, -0.15) is 0 Å². The van der Waals surface area contributed by atoms with Crippen LogP contribution in [0, 0.1) is 6.92 Å². The first-order chi connectivity index (χ1) is 13.1. The molecule has 0 atom stereocenters. The number of amides is 1. The maximum atomic E-state index is 13.5. The van der Waals surface area contributed by atoms with Gasteiger partial charge in [0.15, 0.2) is 0 Å². The highest BCUT2D eigenvalue weighted by atomic mass is 16.3. The molecule has 1 heterocycles. The molecule has 1 aromatic heterocycles. The summed E-state index contributed by atoms with van der Waals surface area (Å²) in [5.41, 5.74) is 5.17. The fourth-order valence-corrected chi connectivity index (χ4v) is 3.72. The molecule has 3 aromatic rings. The number of carbonyl (C=O) groups excluding carboxylic acids is 1. The molecule has 0 bridgehead atoms. The van der Waals surface area contributed by atoms with Gasteiger partial charge in [-0.15, -0.1) is 0 Å². The molecule has 3 rings (SSSR count). The molecule has 4 nitrogen and oxygen atoms in total. The van der Waals surface area contributed by atoms with E-state index in [1.54, 1.807) is 4.90 Å². The lowest BCUT2D eigenvalue weighted by molar-refractivity contribution is 0.0697. The molecule has 0 fully saturated rings. The zero-order chi connectivity index (χ0) is 19.4. The fraction of sp³-hybridized carbons (Fsp3) is 0.348. The molecule has 27 heavy (non-hydrogen) atoms. The molecule has 4 heteroatoms. The number of aliphatic hydroxyl groups is 1. The number of carbonyl (C=O) groups is 1. The summed E-state index contributed by atoms with van der Waals surface area (Å²) in [5.74, 6) is -0.0264. The first kappa shape index (κ1) is 19.2. The average molecular weight is 364 g/mol. The first-order valence-corrected chi connectivity index (χ1v) is 9.66. The van der Waals surface area contributed by atoms with Gasteiger partial charge in [0.2, 0.25) is 0 Å². The lowest BCUT2D eigenvalue weighted by atomic mass is 10.1. The number of aromatic nitrogens is 1. The van der Waals surface area contributed by atoms with Gasteiger partial charge in [-0.1, -0.05) is 43.3 Å². The van der Waals surface area contributed by atoms with E-state index in [1.165, 1.54) is 5.56 Å². The maximum absolute atomic E-state index is 13.5. The summed E-state index contributed by atoms with van der Waals surface area (Å²) in [6, 6.07) is 16.4. The van der Waals surface area contributed by atoms with E-state index in [9.17, 15) is 9.90 Å². The van der Waals surface area contributed by atoms with Crippen molar-refractivity contribution < 1.29 is 9.90 Å². The van der Waals surface area contributed by atoms with Gasteiger partial charge in [0, 0.05) is 30.5 Å². The number of rotatable bonds is 7. The van der Waals surface area contributed by atoms with Crippen LogP contribution in [0.1, 0.15) is 41.0 Å². The second kappa shape index (κ2) is 8.40. The van der Waals surface area contributed by atoms with Crippen LogP contribution in [0.4, 0.5) is 0 Å². The van der Waals surface area contributed by atoms with Crippen LogP contribution in [0.5, 0.6) is 0 Å². The molecule has 0 saturated heterocycles. The van der Waals surface area contributed by atoms with E-state index in [-0.39, 0.29) is 12.5 Å². The number of aliphatic hydroxyl groups excluding tert-OH is 1. The lowest BCUT2D eigenvalue weighted by Crippen LogP contribution is -2.34. The second-order valence-corrected chi connectivity index (χ2v) is 6.86. The van der Waals surface area contributed by atoms with Gasteiger partial charge in [0.1, 0.15) is 5.69 Å². The monoisotopic (exact) mass is 364 g/mol. The number of fused-ring (bicyclic) bond motifs is 1. The second-order valence-electron chi connectivity index (χ2n) is 6.86. The van der Waals surface area contributed by atoms with E-state index in [4.69, 9.17) is 0 Å². The van der Waals surface area contributed by atoms with Gasteiger partial charge in [0.25, 0.3) is 5.91 Å². The van der Waals surface area contributed by atoms with E-state index < -0.39 is 0 Å². The zero-order valence-corrected chi connectivity index (χ0v) is 16.4. The number of nitrogens with zero attached hydrogens (tertiary/aromatic N) is 2. The van der Waals surface area contributed by atoms with E-state index >= 15 is 0 Å². The summed E-state index contributed by atoms with van der Waals surface area (Å²) in [4.78, 5) is 15.2. The van der Waals surface area contributed by atoms with E-state index in [0.29, 0.717) is 13.1 Å². The Hall–Kier alpha value is -2.59. The third kappa shape index (κ3) is 3.76. The molecule has 0 spiro atoms. The minimum atomic E-state index is -0.0516. The summed E-state index contributed by atoms with van der Waals surface area (Å²) in [6.45, 7) is 7.73. The van der Waals surface area contributed by atoms with Gasteiger partial charge in [0.05, 0.1) is 6.61 Å². The van der Waals surface area contributed by atoms with Crippen LogP contribution in [0.3, 0.4) is 0 Å². The third-order valence-corrected chi connectivity index (χ3v) is 5.18. The van der Waals surface area contributed by atoms with Crippen LogP contribution >= 0.6 is 0 Å². The van der Waals surface area contributed by atoms with Gasteiger partial charge < -0.3 is 14.6 Å². The Balaban J connectivity index is 2.05. The quantitative estimate of drug-likeness (QED) is 0.684. The highest BCUT2D eigenvalue weighted by Gasteiger charge is 2.24. The highest BCUT2D eigenvalue weighted by Crippen LogP contribution is 2.28. The highest BCUT2D eigenvalue weighted by molar-refractivity contribution is 6.01. The van der Waals surface area contributed by atoms with Crippen LogP contribution in [-0.4, -0.2) is 33.6 Å². The van der Waals surface area contributed by atoms with Crippen LogP contribution in [0.25, 0.3) is 10.9 Å². The fourth-order valence-electron chi connectivity index (χ4n) is 3.72. The Morgan fingerprint density at radius 2 is 1.81 bits per heavy atom. The number of hydrogen-bond donors (Lipinski definition) is 1. The Bertz CT molecular complexity index is 928. The van der Waals surface area contributed by atoms with E-state index in [1.807, 2.05) is 37.3 Å². The lowest BCUT2D eigenvalue weighted by Gasteiger charge is -2.23. The molecule has 142 valence electrons. The van der Waals surface area contributed by atoms with E-state index in [2.05, 4.69) is 36.6 Å².